The monoisotopic (exact) mass is 347 g/mol. The molecule has 0 amide bonds. The first kappa shape index (κ1) is 15.8. The molecule has 0 bridgehead atoms. The van der Waals surface area contributed by atoms with Crippen LogP contribution in [0.25, 0.3) is 0 Å². The lowest BCUT2D eigenvalue weighted by atomic mass is 9.99. The van der Waals surface area contributed by atoms with Crippen molar-refractivity contribution in [2.24, 2.45) is 0 Å². The van der Waals surface area contributed by atoms with Gasteiger partial charge in [-0.1, -0.05) is 11.6 Å². The van der Waals surface area contributed by atoms with Gasteiger partial charge in [-0.3, -0.25) is 0 Å². The highest BCUT2D eigenvalue weighted by Crippen LogP contribution is 2.38. The van der Waals surface area contributed by atoms with E-state index in [0.717, 1.165) is 36.6 Å². The van der Waals surface area contributed by atoms with Crippen LogP contribution < -0.4 is 14.8 Å². The van der Waals surface area contributed by atoms with Crippen molar-refractivity contribution >= 4 is 11.6 Å². The molecule has 5 nitrogen and oxygen atoms in total. The Balaban J connectivity index is 1.41. The lowest BCUT2D eigenvalue weighted by molar-refractivity contribution is 0.171. The fourth-order valence-electron chi connectivity index (χ4n) is 3.56. The van der Waals surface area contributed by atoms with Gasteiger partial charge in [-0.15, -0.1) is 0 Å². The van der Waals surface area contributed by atoms with Crippen molar-refractivity contribution in [1.82, 2.24) is 14.9 Å². The van der Waals surface area contributed by atoms with Gasteiger partial charge >= 0.3 is 0 Å². The summed E-state index contributed by atoms with van der Waals surface area (Å²) in [4.78, 5) is 4.70. The van der Waals surface area contributed by atoms with E-state index in [1.807, 2.05) is 12.1 Å². The molecular weight excluding hydrogens is 326 g/mol. The summed E-state index contributed by atoms with van der Waals surface area (Å²) in [5, 5.41) is 4.17. The van der Waals surface area contributed by atoms with Gasteiger partial charge in [0.2, 0.25) is 0 Å². The fraction of sp³-hybridized carbons (Fsp3) is 0.500. The Kier molecular flexibility index (Phi) is 4.37. The van der Waals surface area contributed by atoms with E-state index in [1.165, 1.54) is 18.7 Å². The van der Waals surface area contributed by atoms with Crippen LogP contribution in [0.15, 0.2) is 18.3 Å². The van der Waals surface area contributed by atoms with E-state index in [1.54, 1.807) is 0 Å². The summed E-state index contributed by atoms with van der Waals surface area (Å²) in [5.41, 5.74) is 2.22. The van der Waals surface area contributed by atoms with E-state index < -0.39 is 0 Å². The maximum Gasteiger partial charge on any atom is 0.179 e. The van der Waals surface area contributed by atoms with Crippen molar-refractivity contribution in [3.63, 3.8) is 0 Å². The molecule has 2 aromatic rings. The van der Waals surface area contributed by atoms with E-state index in [4.69, 9.17) is 26.1 Å². The number of hydrogen-bond donors (Lipinski definition) is 1. The predicted molar refractivity (Wildman–Crippen MR) is 93.1 cm³/mol. The van der Waals surface area contributed by atoms with Gasteiger partial charge in [0, 0.05) is 31.7 Å². The highest BCUT2D eigenvalue weighted by molar-refractivity contribution is 6.32. The van der Waals surface area contributed by atoms with Crippen LogP contribution in [0.4, 0.5) is 0 Å². The highest BCUT2D eigenvalue weighted by atomic mass is 35.5. The first-order chi connectivity index (χ1) is 11.7. The van der Waals surface area contributed by atoms with E-state index in [9.17, 15) is 0 Å². The molecule has 128 valence electrons. The molecule has 2 aliphatic heterocycles. The normalized spacial score (nSPS) is 19.2. The topological polar surface area (TPSA) is 48.3 Å². The molecule has 1 atom stereocenters. The number of ether oxygens (including phenoxy) is 2. The van der Waals surface area contributed by atoms with Crippen LogP contribution in [0.2, 0.25) is 5.02 Å². The minimum Gasteiger partial charge on any atom is -0.486 e. The maximum absolute atomic E-state index is 6.30. The number of fused-ring (bicyclic) bond motifs is 2. The molecule has 0 unspecified atom stereocenters. The molecule has 0 saturated heterocycles. The summed E-state index contributed by atoms with van der Waals surface area (Å²) in [7, 11) is 0. The number of halogens is 1. The average molecular weight is 348 g/mol. The second-order valence-corrected chi connectivity index (χ2v) is 6.91. The van der Waals surface area contributed by atoms with Crippen LogP contribution in [0, 0.1) is 6.92 Å². The van der Waals surface area contributed by atoms with Crippen LogP contribution in [0.5, 0.6) is 11.5 Å². The summed E-state index contributed by atoms with van der Waals surface area (Å²) in [5.74, 6) is 3.09. The van der Waals surface area contributed by atoms with Crippen molar-refractivity contribution in [2.45, 2.75) is 38.8 Å². The summed E-state index contributed by atoms with van der Waals surface area (Å²) < 4.78 is 13.5. The summed E-state index contributed by atoms with van der Waals surface area (Å²) in [6.07, 6.45) is 4.55. The van der Waals surface area contributed by atoms with E-state index in [-0.39, 0.29) is 0 Å². The zero-order chi connectivity index (χ0) is 16.5. The summed E-state index contributed by atoms with van der Waals surface area (Å²) in [6.45, 7) is 5.95. The molecule has 24 heavy (non-hydrogen) atoms. The molecule has 1 aromatic carbocycles. The van der Waals surface area contributed by atoms with Crippen molar-refractivity contribution in [2.75, 3.05) is 19.8 Å². The zero-order valence-corrected chi connectivity index (χ0v) is 14.6. The number of benzene rings is 1. The van der Waals surface area contributed by atoms with Crippen molar-refractivity contribution in [3.05, 3.63) is 40.4 Å². The third-order valence-corrected chi connectivity index (χ3v) is 4.90. The van der Waals surface area contributed by atoms with Crippen LogP contribution in [-0.2, 0) is 13.1 Å². The minimum absolute atomic E-state index is 0.472. The molecule has 0 aliphatic carbocycles. The quantitative estimate of drug-likeness (QED) is 0.922. The number of nitrogens with one attached hydrogen (secondary N) is 1. The van der Waals surface area contributed by atoms with Crippen molar-refractivity contribution in [1.29, 1.82) is 0 Å². The zero-order valence-electron chi connectivity index (χ0n) is 13.8. The SMILES string of the molecule is Cc1cn2c(n1)[C@@H](CNCc1cc(Cl)c3c(c1)OCCO3)CCC2. The lowest BCUT2D eigenvalue weighted by Crippen LogP contribution is -2.26. The molecule has 1 aromatic heterocycles. The molecule has 1 N–H and O–H groups in total. The van der Waals surface area contributed by atoms with Gasteiger partial charge in [0.05, 0.1) is 10.7 Å². The Bertz CT molecular complexity index is 744. The Morgan fingerprint density at radius 1 is 1.33 bits per heavy atom. The van der Waals surface area contributed by atoms with Crippen LogP contribution in [-0.4, -0.2) is 29.3 Å². The fourth-order valence-corrected chi connectivity index (χ4v) is 3.85. The summed E-state index contributed by atoms with van der Waals surface area (Å²) in [6, 6.07) is 3.97. The molecular formula is C18H22ClN3O2. The third kappa shape index (κ3) is 3.10. The Morgan fingerprint density at radius 2 is 2.21 bits per heavy atom. The van der Waals surface area contributed by atoms with Gasteiger partial charge in [-0.25, -0.2) is 4.98 Å². The Hall–Kier alpha value is -1.72. The number of nitrogens with zero attached hydrogens (tertiary/aromatic N) is 2. The molecule has 0 spiro atoms. The largest absolute Gasteiger partial charge is 0.486 e. The maximum atomic E-state index is 6.30. The van der Waals surface area contributed by atoms with Gasteiger partial charge in [0.15, 0.2) is 11.5 Å². The number of aryl methyl sites for hydroxylation is 2. The molecule has 0 saturated carbocycles. The minimum atomic E-state index is 0.472. The first-order valence-electron chi connectivity index (χ1n) is 8.53. The molecule has 0 fully saturated rings. The molecule has 2 aliphatic rings. The first-order valence-corrected chi connectivity index (χ1v) is 8.91. The van der Waals surface area contributed by atoms with Gasteiger partial charge in [-0.05, 0) is 37.5 Å². The third-order valence-electron chi connectivity index (χ3n) is 4.62. The van der Waals surface area contributed by atoms with Crippen molar-refractivity contribution < 1.29 is 9.47 Å². The molecule has 4 rings (SSSR count). The standard InChI is InChI=1S/C18H22ClN3O2/c1-12-11-22-4-2-3-14(18(22)21-12)10-20-9-13-7-15(19)17-16(8-13)23-5-6-24-17/h7-8,11,14,20H,2-6,9-10H2,1H3/t14-/m1/s1. The highest BCUT2D eigenvalue weighted by Gasteiger charge is 2.22. The predicted octanol–water partition coefficient (Wildman–Crippen LogP) is 3.28. The molecule has 0 radical (unpaired) electrons. The summed E-state index contributed by atoms with van der Waals surface area (Å²) >= 11 is 6.30. The van der Waals surface area contributed by atoms with E-state index in [2.05, 4.69) is 23.0 Å². The Labute approximate surface area is 146 Å². The second-order valence-electron chi connectivity index (χ2n) is 6.51. The number of aromatic nitrogens is 2. The van der Waals surface area contributed by atoms with Crippen LogP contribution >= 0.6 is 11.6 Å². The van der Waals surface area contributed by atoms with Crippen LogP contribution in [0.3, 0.4) is 0 Å². The van der Waals surface area contributed by atoms with E-state index in [0.29, 0.717) is 29.9 Å². The number of hydrogen-bond acceptors (Lipinski definition) is 4. The van der Waals surface area contributed by atoms with Gasteiger partial charge in [0.1, 0.15) is 19.0 Å². The van der Waals surface area contributed by atoms with Gasteiger partial charge in [0.25, 0.3) is 0 Å². The van der Waals surface area contributed by atoms with Crippen LogP contribution in [0.1, 0.15) is 35.8 Å². The number of rotatable bonds is 4. The van der Waals surface area contributed by atoms with Gasteiger partial charge in [-0.2, -0.15) is 0 Å². The molecule has 3 heterocycles. The smallest absolute Gasteiger partial charge is 0.179 e. The second kappa shape index (κ2) is 6.65. The Morgan fingerprint density at radius 3 is 3.12 bits per heavy atom. The van der Waals surface area contributed by atoms with E-state index >= 15 is 0 Å². The van der Waals surface area contributed by atoms with Crippen molar-refractivity contribution in [3.8, 4) is 11.5 Å². The number of imidazole rings is 1. The average Bonchev–Trinajstić information content (AvgIpc) is 2.96. The van der Waals surface area contributed by atoms with Gasteiger partial charge < -0.3 is 19.4 Å². The lowest BCUT2D eigenvalue weighted by Gasteiger charge is -2.24. The molecule has 6 heteroatoms.